The van der Waals surface area contributed by atoms with Gasteiger partial charge in [-0.1, -0.05) is 29.0 Å². The van der Waals surface area contributed by atoms with E-state index >= 15 is 0 Å². The highest BCUT2D eigenvalue weighted by molar-refractivity contribution is 8.00. The van der Waals surface area contributed by atoms with Crippen molar-refractivity contribution in [3.05, 3.63) is 37.8 Å². The lowest BCUT2D eigenvalue weighted by Gasteiger charge is -2.12. The Morgan fingerprint density at radius 1 is 1.41 bits per heavy atom. The molecule has 29 heavy (non-hydrogen) atoms. The summed E-state index contributed by atoms with van der Waals surface area (Å²) in [6.07, 6.45) is 8.89. The average molecular weight is 472 g/mol. The summed E-state index contributed by atoms with van der Waals surface area (Å²) < 4.78 is 24.4. The smallest absolute Gasteiger partial charge is 0.316 e. The lowest BCUT2D eigenvalue weighted by Crippen LogP contribution is -2.22. The van der Waals surface area contributed by atoms with Crippen molar-refractivity contribution in [2.75, 3.05) is 5.75 Å². The Balaban J connectivity index is 1.55. The zero-order chi connectivity index (χ0) is 20.4. The van der Waals surface area contributed by atoms with Gasteiger partial charge in [0.2, 0.25) is 4.80 Å². The highest BCUT2D eigenvalue weighted by Gasteiger charge is 2.20. The van der Waals surface area contributed by atoms with E-state index in [2.05, 4.69) is 4.99 Å². The van der Waals surface area contributed by atoms with Crippen LogP contribution < -0.4 is 4.80 Å². The van der Waals surface area contributed by atoms with E-state index in [0.29, 0.717) is 13.7 Å². The maximum atomic E-state index is 14.5. The van der Waals surface area contributed by atoms with Gasteiger partial charge in [0, 0.05) is 17.6 Å². The van der Waals surface area contributed by atoms with Crippen LogP contribution in [0.1, 0.15) is 32.1 Å². The van der Waals surface area contributed by atoms with E-state index in [1.54, 1.807) is 6.07 Å². The van der Waals surface area contributed by atoms with Crippen molar-refractivity contribution in [2.24, 2.45) is 4.99 Å². The second-order valence-electron chi connectivity index (χ2n) is 6.82. The lowest BCUT2D eigenvalue weighted by molar-refractivity contribution is -0.145. The summed E-state index contributed by atoms with van der Waals surface area (Å²) in [7, 11) is 0. The molecule has 1 aromatic heterocycles. The van der Waals surface area contributed by atoms with Crippen LogP contribution in [0.3, 0.4) is 0 Å². The van der Waals surface area contributed by atoms with Gasteiger partial charge in [0.15, 0.2) is 3.95 Å². The molecule has 0 amide bonds. The number of hydrogen-bond acceptors (Lipinski definition) is 6. The van der Waals surface area contributed by atoms with Crippen LogP contribution in [-0.2, 0) is 16.1 Å². The molecule has 0 bridgehead atoms. The van der Waals surface area contributed by atoms with Crippen molar-refractivity contribution in [3.63, 3.8) is 0 Å². The zero-order valence-electron chi connectivity index (χ0n) is 15.5. The zero-order valence-corrected chi connectivity index (χ0v) is 18.7. The first kappa shape index (κ1) is 20.8. The molecule has 154 valence electrons. The molecule has 1 saturated carbocycles. The summed E-state index contributed by atoms with van der Waals surface area (Å²) in [4.78, 5) is 17.8. The minimum absolute atomic E-state index is 0.0264. The number of fused-ring (bicyclic) bond motifs is 1. The fourth-order valence-corrected chi connectivity index (χ4v) is 5.61. The molecule has 0 N–H and O–H groups in total. The molecule has 0 unspecified atom stereocenters. The maximum absolute atomic E-state index is 14.5. The molecule has 1 aliphatic heterocycles. The topological polar surface area (TPSA) is 48.5 Å². The molecule has 2 aromatic rings. The molecular weight excluding hydrogens is 453 g/mol. The quantitative estimate of drug-likeness (QED) is 0.325. The second kappa shape index (κ2) is 9.16. The van der Waals surface area contributed by atoms with Gasteiger partial charge in [0.05, 0.1) is 10.8 Å². The van der Waals surface area contributed by atoms with Crippen molar-refractivity contribution in [2.45, 2.75) is 49.6 Å². The Morgan fingerprint density at radius 2 is 2.21 bits per heavy atom. The number of allylic oxidation sites excluding steroid dienone is 1. The van der Waals surface area contributed by atoms with Crippen molar-refractivity contribution >= 4 is 64.8 Å². The molecule has 2 aliphatic rings. The van der Waals surface area contributed by atoms with E-state index in [1.165, 1.54) is 29.2 Å². The van der Waals surface area contributed by atoms with Crippen LogP contribution in [0.2, 0.25) is 5.02 Å². The van der Waals surface area contributed by atoms with Crippen molar-refractivity contribution < 1.29 is 13.9 Å². The molecule has 4 rings (SSSR count). The van der Waals surface area contributed by atoms with Gasteiger partial charge in [-0.25, -0.2) is 14.1 Å². The third kappa shape index (κ3) is 4.84. The number of hydrogen-bond donors (Lipinski definition) is 0. The summed E-state index contributed by atoms with van der Waals surface area (Å²) >= 11 is 14.1. The van der Waals surface area contributed by atoms with Crippen LogP contribution in [0.25, 0.3) is 6.20 Å². The third-order valence-electron chi connectivity index (χ3n) is 4.76. The number of benzene rings is 1. The van der Waals surface area contributed by atoms with Gasteiger partial charge < -0.3 is 4.74 Å². The Bertz CT molecular complexity index is 1080. The van der Waals surface area contributed by atoms with Gasteiger partial charge in [-0.2, -0.15) is 0 Å². The highest BCUT2D eigenvalue weighted by atomic mass is 35.5. The van der Waals surface area contributed by atoms with E-state index in [9.17, 15) is 9.18 Å². The Morgan fingerprint density at radius 3 is 3.00 bits per heavy atom. The summed E-state index contributed by atoms with van der Waals surface area (Å²) in [5.41, 5.74) is 0.169. The van der Waals surface area contributed by atoms with E-state index in [-0.39, 0.29) is 28.5 Å². The molecule has 2 heterocycles. The molecular formula is C19H19ClFN3O2S3. The number of nitrogens with zero attached hydrogens (tertiary/aromatic N) is 3. The number of esters is 1. The molecule has 10 heteroatoms. The number of carbonyl (C=O) groups is 1. The standard InChI is InChI=1S/C19H19ClFN3O2S3/c20-13-9-14(21)15(22-18-23-7-3-4-8-24(23)19(27)29-18)10-16(13)28-11-17(25)26-12-5-1-2-6-12/h4,8-10,12H,1-3,5-7,11H2. The summed E-state index contributed by atoms with van der Waals surface area (Å²) in [6.45, 7) is 0.728. The number of thioether (sulfide) groups is 1. The minimum Gasteiger partial charge on any atom is -0.462 e. The van der Waals surface area contributed by atoms with E-state index in [4.69, 9.17) is 28.6 Å². The van der Waals surface area contributed by atoms with Gasteiger partial charge in [-0.05, 0) is 56.5 Å². The first-order valence-corrected chi connectivity index (χ1v) is 12.0. The van der Waals surface area contributed by atoms with E-state index in [0.717, 1.165) is 38.6 Å². The van der Waals surface area contributed by atoms with Crippen LogP contribution >= 0.6 is 46.9 Å². The predicted octanol–water partition coefficient (Wildman–Crippen LogP) is 5.56. The van der Waals surface area contributed by atoms with Crippen LogP contribution in [-0.4, -0.2) is 27.2 Å². The summed E-state index contributed by atoms with van der Waals surface area (Å²) in [5, 5.41) is 0.252. The van der Waals surface area contributed by atoms with Crippen molar-refractivity contribution in [3.8, 4) is 0 Å². The highest BCUT2D eigenvalue weighted by Crippen LogP contribution is 2.33. The van der Waals surface area contributed by atoms with Gasteiger partial charge in [0.1, 0.15) is 17.6 Å². The fourth-order valence-electron chi connectivity index (χ4n) is 3.35. The van der Waals surface area contributed by atoms with Crippen LogP contribution in [0.5, 0.6) is 0 Å². The molecule has 0 spiro atoms. The molecule has 1 fully saturated rings. The monoisotopic (exact) mass is 471 g/mol. The molecule has 0 saturated heterocycles. The Kier molecular flexibility index (Phi) is 6.58. The maximum Gasteiger partial charge on any atom is 0.316 e. The fraction of sp³-hybridized carbons (Fsp3) is 0.421. The second-order valence-corrected chi connectivity index (χ2v) is 9.85. The number of halogens is 2. The predicted molar refractivity (Wildman–Crippen MR) is 117 cm³/mol. The van der Waals surface area contributed by atoms with E-state index in [1.807, 2.05) is 21.6 Å². The van der Waals surface area contributed by atoms with Crippen LogP contribution in [0.4, 0.5) is 10.1 Å². The van der Waals surface area contributed by atoms with Crippen LogP contribution in [0, 0.1) is 9.77 Å². The summed E-state index contributed by atoms with van der Waals surface area (Å²) in [5.74, 6) is -0.665. The minimum atomic E-state index is -0.516. The SMILES string of the molecule is O=C(CSc1cc(N=c2sc(=S)n3n2CCC=C3)c(F)cc1Cl)OC1CCCC1. The molecule has 1 aromatic carbocycles. The Labute approximate surface area is 185 Å². The largest absolute Gasteiger partial charge is 0.462 e. The molecule has 0 atom stereocenters. The molecule has 0 radical (unpaired) electrons. The first-order valence-electron chi connectivity index (χ1n) is 9.36. The van der Waals surface area contributed by atoms with Crippen molar-refractivity contribution in [1.29, 1.82) is 0 Å². The molecule has 5 nitrogen and oxygen atoms in total. The van der Waals surface area contributed by atoms with Gasteiger partial charge in [-0.15, -0.1) is 11.8 Å². The lowest BCUT2D eigenvalue weighted by atomic mass is 10.3. The van der Waals surface area contributed by atoms with Gasteiger partial charge in [-0.3, -0.25) is 9.48 Å². The van der Waals surface area contributed by atoms with E-state index < -0.39 is 5.82 Å². The average Bonchev–Trinajstić information content (AvgIpc) is 3.31. The summed E-state index contributed by atoms with van der Waals surface area (Å²) in [6, 6.07) is 2.81. The van der Waals surface area contributed by atoms with Gasteiger partial charge in [0.25, 0.3) is 0 Å². The number of carbonyl (C=O) groups excluding carboxylic acids is 1. The normalized spacial score (nSPS) is 17.0. The molecule has 1 aliphatic carbocycles. The Hall–Kier alpha value is -1.42. The number of ether oxygens (including phenoxy) is 1. The van der Waals surface area contributed by atoms with Crippen LogP contribution in [0.15, 0.2) is 28.1 Å². The van der Waals surface area contributed by atoms with Crippen molar-refractivity contribution in [1.82, 2.24) is 9.36 Å². The third-order valence-corrected chi connectivity index (χ3v) is 7.50. The van der Waals surface area contributed by atoms with Gasteiger partial charge >= 0.3 is 5.97 Å². The number of aromatic nitrogens is 2. The number of rotatable bonds is 5. The first-order chi connectivity index (χ1) is 14.0.